The van der Waals surface area contributed by atoms with Gasteiger partial charge in [-0.1, -0.05) is 32.4 Å². The van der Waals surface area contributed by atoms with Gasteiger partial charge in [0.25, 0.3) is 5.91 Å². The molecule has 0 radical (unpaired) electrons. The first-order chi connectivity index (χ1) is 9.67. The molecule has 1 aromatic heterocycles. The lowest BCUT2D eigenvalue weighted by Gasteiger charge is -2.39. The molecule has 1 saturated heterocycles. The number of pyridine rings is 1. The van der Waals surface area contributed by atoms with Crippen molar-refractivity contribution in [3.8, 4) is 0 Å². The van der Waals surface area contributed by atoms with Crippen molar-refractivity contribution >= 4 is 17.5 Å². The summed E-state index contributed by atoms with van der Waals surface area (Å²) in [6.07, 6.45) is 3.41. The lowest BCUT2D eigenvalue weighted by atomic mass is 9.65. The summed E-state index contributed by atoms with van der Waals surface area (Å²) in [5.41, 5.74) is 2.04. The summed E-state index contributed by atoms with van der Waals surface area (Å²) < 4.78 is 0. The van der Waals surface area contributed by atoms with Crippen LogP contribution in [-0.2, 0) is 0 Å². The van der Waals surface area contributed by atoms with Crippen LogP contribution >= 0.6 is 11.6 Å². The van der Waals surface area contributed by atoms with Gasteiger partial charge in [0, 0.05) is 23.8 Å². The number of likely N-dealkylation sites (tertiary alicyclic amines) is 1. The lowest BCUT2D eigenvalue weighted by Crippen LogP contribution is -2.37. The Morgan fingerprint density at radius 2 is 2.05 bits per heavy atom. The second-order valence-corrected chi connectivity index (χ2v) is 8.35. The number of carbonyl (C=O) groups excluding carboxylic acids is 1. The van der Waals surface area contributed by atoms with E-state index in [1.54, 1.807) is 6.07 Å². The van der Waals surface area contributed by atoms with Gasteiger partial charge in [0.2, 0.25) is 0 Å². The quantitative estimate of drug-likeness (QED) is 0.732. The first-order valence-corrected chi connectivity index (χ1v) is 8.01. The molecule has 21 heavy (non-hydrogen) atoms. The molecular formula is C17H23ClN2O. The molecule has 2 heterocycles. The average molecular weight is 307 g/mol. The van der Waals surface area contributed by atoms with Crippen LogP contribution in [0.3, 0.4) is 0 Å². The van der Waals surface area contributed by atoms with Crippen molar-refractivity contribution < 1.29 is 4.79 Å². The molecule has 0 spiro atoms. The summed E-state index contributed by atoms with van der Waals surface area (Å²) in [6.45, 7) is 9.69. The Balaban J connectivity index is 1.89. The summed E-state index contributed by atoms with van der Waals surface area (Å²) in [5, 5.41) is 0.395. The number of carbonyl (C=O) groups is 1. The SMILES string of the molecule is Cc1cc(C(=O)N2CC3(C)CC2CC(C)(C)C3)cc(Cl)n1. The number of nitrogens with zero attached hydrogens (tertiary/aromatic N) is 2. The summed E-state index contributed by atoms with van der Waals surface area (Å²) in [4.78, 5) is 19.1. The minimum Gasteiger partial charge on any atom is -0.335 e. The number of amides is 1. The molecular weight excluding hydrogens is 284 g/mol. The van der Waals surface area contributed by atoms with E-state index in [1.807, 2.05) is 13.0 Å². The van der Waals surface area contributed by atoms with Crippen LogP contribution in [0.4, 0.5) is 0 Å². The van der Waals surface area contributed by atoms with E-state index >= 15 is 0 Å². The molecule has 3 rings (SSSR count). The minimum atomic E-state index is 0.105. The summed E-state index contributed by atoms with van der Waals surface area (Å²) in [7, 11) is 0. The van der Waals surface area contributed by atoms with E-state index in [-0.39, 0.29) is 11.3 Å². The van der Waals surface area contributed by atoms with E-state index < -0.39 is 0 Å². The van der Waals surface area contributed by atoms with E-state index in [0.717, 1.165) is 25.1 Å². The van der Waals surface area contributed by atoms with Crippen molar-refractivity contribution in [2.45, 2.75) is 53.0 Å². The fraction of sp³-hybridized carbons (Fsp3) is 0.647. The minimum absolute atomic E-state index is 0.105. The number of rotatable bonds is 1. The lowest BCUT2D eigenvalue weighted by molar-refractivity contribution is 0.0708. The highest BCUT2D eigenvalue weighted by Gasteiger charge is 2.51. The van der Waals surface area contributed by atoms with Gasteiger partial charge in [0.15, 0.2) is 0 Å². The summed E-state index contributed by atoms with van der Waals surface area (Å²) in [6, 6.07) is 3.88. The van der Waals surface area contributed by atoms with Crippen LogP contribution in [0.1, 0.15) is 56.1 Å². The van der Waals surface area contributed by atoms with Crippen molar-refractivity contribution in [2.24, 2.45) is 10.8 Å². The molecule has 2 bridgehead atoms. The largest absolute Gasteiger partial charge is 0.335 e. The predicted molar refractivity (Wildman–Crippen MR) is 84.5 cm³/mol. The zero-order chi connectivity index (χ0) is 15.4. The van der Waals surface area contributed by atoms with Gasteiger partial charge in [-0.05, 0) is 49.1 Å². The number of hydrogen-bond acceptors (Lipinski definition) is 2. The maximum Gasteiger partial charge on any atom is 0.254 e. The zero-order valence-corrected chi connectivity index (χ0v) is 14.0. The highest BCUT2D eigenvalue weighted by Crippen LogP contribution is 2.52. The third-order valence-electron chi connectivity index (χ3n) is 4.84. The molecule has 2 fully saturated rings. The van der Waals surface area contributed by atoms with Crippen LogP contribution in [0.2, 0.25) is 5.15 Å². The molecule has 2 atom stereocenters. The van der Waals surface area contributed by atoms with Crippen LogP contribution < -0.4 is 0 Å². The van der Waals surface area contributed by atoms with Gasteiger partial charge < -0.3 is 4.90 Å². The molecule has 2 aliphatic rings. The van der Waals surface area contributed by atoms with Crippen molar-refractivity contribution in [2.75, 3.05) is 6.54 Å². The highest BCUT2D eigenvalue weighted by molar-refractivity contribution is 6.29. The molecule has 0 aromatic carbocycles. The van der Waals surface area contributed by atoms with Crippen molar-refractivity contribution in [1.82, 2.24) is 9.88 Å². The Morgan fingerprint density at radius 3 is 2.71 bits per heavy atom. The third-order valence-corrected chi connectivity index (χ3v) is 5.04. The van der Waals surface area contributed by atoms with E-state index in [9.17, 15) is 4.79 Å². The Morgan fingerprint density at radius 1 is 1.33 bits per heavy atom. The Bertz CT molecular complexity index is 578. The fourth-order valence-corrected chi connectivity index (χ4v) is 4.87. The van der Waals surface area contributed by atoms with Gasteiger partial charge in [-0.3, -0.25) is 4.79 Å². The zero-order valence-electron chi connectivity index (χ0n) is 13.2. The number of aryl methyl sites for hydroxylation is 1. The summed E-state index contributed by atoms with van der Waals surface area (Å²) in [5.74, 6) is 0.105. The number of halogens is 1. The molecule has 1 amide bonds. The molecule has 3 nitrogen and oxygen atoms in total. The second kappa shape index (κ2) is 4.70. The van der Waals surface area contributed by atoms with Gasteiger partial charge in [-0.2, -0.15) is 0 Å². The smallest absolute Gasteiger partial charge is 0.254 e. The van der Waals surface area contributed by atoms with Gasteiger partial charge >= 0.3 is 0 Å². The van der Waals surface area contributed by atoms with Crippen LogP contribution in [0, 0.1) is 17.8 Å². The Kier molecular flexibility index (Phi) is 3.32. The van der Waals surface area contributed by atoms with Crippen molar-refractivity contribution in [3.63, 3.8) is 0 Å². The molecule has 4 heteroatoms. The van der Waals surface area contributed by atoms with Gasteiger partial charge in [-0.25, -0.2) is 4.98 Å². The number of fused-ring (bicyclic) bond motifs is 2. The van der Waals surface area contributed by atoms with E-state index in [2.05, 4.69) is 30.7 Å². The van der Waals surface area contributed by atoms with Crippen molar-refractivity contribution in [3.05, 3.63) is 28.5 Å². The number of aromatic nitrogens is 1. The van der Waals surface area contributed by atoms with Crippen LogP contribution in [0.25, 0.3) is 0 Å². The standard InChI is InChI=1S/C17H23ClN2O/c1-11-5-12(6-14(18)19-11)15(21)20-10-17(4)8-13(20)7-16(2,3)9-17/h5-6,13H,7-10H2,1-4H3. The molecule has 114 valence electrons. The maximum absolute atomic E-state index is 12.9. The second-order valence-electron chi connectivity index (χ2n) is 7.97. The Labute approximate surface area is 131 Å². The van der Waals surface area contributed by atoms with Gasteiger partial charge in [0.05, 0.1) is 0 Å². The molecule has 1 saturated carbocycles. The summed E-state index contributed by atoms with van der Waals surface area (Å²) >= 11 is 6.00. The average Bonchev–Trinajstić information content (AvgIpc) is 2.56. The van der Waals surface area contributed by atoms with Gasteiger partial charge in [0.1, 0.15) is 5.15 Å². The topological polar surface area (TPSA) is 33.2 Å². The van der Waals surface area contributed by atoms with Gasteiger partial charge in [-0.15, -0.1) is 0 Å². The first-order valence-electron chi connectivity index (χ1n) is 7.63. The van der Waals surface area contributed by atoms with Crippen LogP contribution in [0.5, 0.6) is 0 Å². The Hall–Kier alpha value is -1.09. The normalized spacial score (nSPS) is 30.5. The van der Waals surface area contributed by atoms with E-state index in [0.29, 0.717) is 22.2 Å². The first kappa shape index (κ1) is 14.8. The molecule has 1 aliphatic heterocycles. The fourth-order valence-electron chi connectivity index (χ4n) is 4.61. The predicted octanol–water partition coefficient (Wildman–Crippen LogP) is 4.08. The van der Waals surface area contributed by atoms with Crippen molar-refractivity contribution in [1.29, 1.82) is 0 Å². The molecule has 1 aliphatic carbocycles. The van der Waals surface area contributed by atoms with E-state index in [4.69, 9.17) is 11.6 Å². The molecule has 1 aromatic rings. The number of hydrogen-bond donors (Lipinski definition) is 0. The van der Waals surface area contributed by atoms with Crippen LogP contribution in [-0.4, -0.2) is 28.4 Å². The monoisotopic (exact) mass is 306 g/mol. The molecule has 0 N–H and O–H groups in total. The third kappa shape index (κ3) is 2.80. The van der Waals surface area contributed by atoms with E-state index in [1.165, 1.54) is 6.42 Å². The van der Waals surface area contributed by atoms with Crippen LogP contribution in [0.15, 0.2) is 12.1 Å². The molecule has 2 unspecified atom stereocenters. The maximum atomic E-state index is 12.9. The highest BCUT2D eigenvalue weighted by atomic mass is 35.5.